The molecule has 0 saturated carbocycles. The molecule has 0 radical (unpaired) electrons. The summed E-state index contributed by atoms with van der Waals surface area (Å²) in [6.07, 6.45) is 13.2. The first kappa shape index (κ1) is 19.7. The van der Waals surface area contributed by atoms with Crippen LogP contribution in [0.25, 0.3) is 0 Å². The van der Waals surface area contributed by atoms with Crippen LogP contribution >= 0.6 is 0 Å². The third-order valence-corrected chi connectivity index (χ3v) is 3.40. The van der Waals surface area contributed by atoms with Crippen molar-refractivity contribution >= 4 is 11.9 Å². The Morgan fingerprint density at radius 1 is 0.952 bits per heavy atom. The maximum Gasteiger partial charge on any atom is 0.323 e. The zero-order valence-corrected chi connectivity index (χ0v) is 13.6. The van der Waals surface area contributed by atoms with Crippen molar-refractivity contribution in [1.82, 2.24) is 4.90 Å². The number of aliphatic carboxylic acids is 1. The Morgan fingerprint density at radius 3 is 2.19 bits per heavy atom. The van der Waals surface area contributed by atoms with Gasteiger partial charge < -0.3 is 10.0 Å². The van der Waals surface area contributed by atoms with Crippen molar-refractivity contribution in [2.45, 2.75) is 71.6 Å². The van der Waals surface area contributed by atoms with E-state index in [0.29, 0.717) is 6.54 Å². The normalized spacial score (nSPS) is 11.0. The van der Waals surface area contributed by atoms with Gasteiger partial charge in [0.25, 0.3) is 0 Å². The fourth-order valence-corrected chi connectivity index (χ4v) is 2.12. The second kappa shape index (κ2) is 13.7. The molecule has 4 nitrogen and oxygen atoms in total. The lowest BCUT2D eigenvalue weighted by atomic mass is 10.1. The molecule has 0 bridgehead atoms. The van der Waals surface area contributed by atoms with Crippen LogP contribution in [-0.2, 0) is 9.59 Å². The van der Waals surface area contributed by atoms with Gasteiger partial charge in [0.05, 0.1) is 0 Å². The Hall–Kier alpha value is -1.32. The molecule has 0 fully saturated rings. The maximum absolute atomic E-state index is 12.0. The predicted molar refractivity (Wildman–Crippen MR) is 86.3 cm³/mol. The number of unbranched alkanes of at least 4 members (excludes halogenated alkanes) is 7. The SMILES string of the molecule is CCCC/C=C/C(=O)N(CCCCCCCC)CC(=O)O. The molecule has 4 heteroatoms. The van der Waals surface area contributed by atoms with Gasteiger partial charge in [-0.15, -0.1) is 0 Å². The largest absolute Gasteiger partial charge is 0.480 e. The van der Waals surface area contributed by atoms with E-state index in [1.807, 2.05) is 6.08 Å². The van der Waals surface area contributed by atoms with Gasteiger partial charge in [-0.2, -0.15) is 0 Å². The Balaban J connectivity index is 4.09. The molecule has 0 rings (SSSR count). The van der Waals surface area contributed by atoms with Crippen molar-refractivity contribution in [3.63, 3.8) is 0 Å². The topological polar surface area (TPSA) is 57.6 Å². The highest BCUT2D eigenvalue weighted by Gasteiger charge is 2.13. The number of carboxylic acid groups (broad SMARTS) is 1. The number of carbonyl (C=O) groups is 2. The summed E-state index contributed by atoms with van der Waals surface area (Å²) < 4.78 is 0. The first-order valence-corrected chi connectivity index (χ1v) is 8.29. The van der Waals surface area contributed by atoms with E-state index in [4.69, 9.17) is 5.11 Å². The lowest BCUT2D eigenvalue weighted by Gasteiger charge is -2.18. The molecular formula is C17H31NO3. The summed E-state index contributed by atoms with van der Waals surface area (Å²) in [6, 6.07) is 0. The summed E-state index contributed by atoms with van der Waals surface area (Å²) in [5.74, 6) is -1.13. The smallest absolute Gasteiger partial charge is 0.323 e. The van der Waals surface area contributed by atoms with Gasteiger partial charge in [0.2, 0.25) is 5.91 Å². The molecule has 0 aliphatic rings. The number of hydrogen-bond donors (Lipinski definition) is 1. The van der Waals surface area contributed by atoms with E-state index >= 15 is 0 Å². The minimum Gasteiger partial charge on any atom is -0.480 e. The molecule has 0 atom stereocenters. The van der Waals surface area contributed by atoms with E-state index in [2.05, 4.69) is 13.8 Å². The van der Waals surface area contributed by atoms with Crippen LogP contribution in [0.3, 0.4) is 0 Å². The van der Waals surface area contributed by atoms with Gasteiger partial charge in [-0.25, -0.2) is 0 Å². The van der Waals surface area contributed by atoms with Gasteiger partial charge in [-0.1, -0.05) is 64.9 Å². The minimum atomic E-state index is -0.948. The van der Waals surface area contributed by atoms with E-state index in [9.17, 15) is 9.59 Å². The van der Waals surface area contributed by atoms with E-state index < -0.39 is 5.97 Å². The predicted octanol–water partition coefficient (Wildman–Crippen LogP) is 4.01. The second-order valence-electron chi connectivity index (χ2n) is 5.47. The zero-order valence-electron chi connectivity index (χ0n) is 13.6. The standard InChI is InChI=1S/C17H31NO3/c1-3-5-7-9-10-12-14-18(15-17(20)21)16(19)13-11-8-6-4-2/h11,13H,3-10,12,14-15H2,1-2H3,(H,20,21)/b13-11+. The van der Waals surface area contributed by atoms with Crippen LogP contribution in [0.2, 0.25) is 0 Å². The van der Waals surface area contributed by atoms with Crippen LogP contribution < -0.4 is 0 Å². The Bertz CT molecular complexity index is 313. The van der Waals surface area contributed by atoms with Crippen molar-refractivity contribution in [2.75, 3.05) is 13.1 Å². The lowest BCUT2D eigenvalue weighted by molar-refractivity contribution is -0.142. The molecule has 1 amide bonds. The number of carboxylic acids is 1. The first-order chi connectivity index (χ1) is 10.1. The first-order valence-electron chi connectivity index (χ1n) is 8.29. The average Bonchev–Trinajstić information content (AvgIpc) is 2.45. The minimum absolute atomic E-state index is 0.179. The molecule has 0 unspecified atom stereocenters. The van der Waals surface area contributed by atoms with Gasteiger partial charge in [-0.05, 0) is 18.9 Å². The third-order valence-electron chi connectivity index (χ3n) is 3.40. The van der Waals surface area contributed by atoms with Gasteiger partial charge in [0.15, 0.2) is 0 Å². The summed E-state index contributed by atoms with van der Waals surface area (Å²) in [6.45, 7) is 4.62. The molecular weight excluding hydrogens is 266 g/mol. The molecule has 0 saturated heterocycles. The summed E-state index contributed by atoms with van der Waals surface area (Å²) in [4.78, 5) is 24.3. The molecule has 0 aromatic rings. The maximum atomic E-state index is 12.0. The van der Waals surface area contributed by atoms with E-state index in [0.717, 1.165) is 38.5 Å². The third kappa shape index (κ3) is 12.2. The quantitative estimate of drug-likeness (QED) is 0.413. The second-order valence-corrected chi connectivity index (χ2v) is 5.47. The highest BCUT2D eigenvalue weighted by molar-refractivity contribution is 5.89. The number of allylic oxidation sites excluding steroid dienone is 1. The monoisotopic (exact) mass is 297 g/mol. The van der Waals surface area contributed by atoms with Crippen LogP contribution in [0.5, 0.6) is 0 Å². The molecule has 1 N–H and O–H groups in total. The van der Waals surface area contributed by atoms with Gasteiger partial charge in [0.1, 0.15) is 6.54 Å². The number of nitrogens with zero attached hydrogens (tertiary/aromatic N) is 1. The van der Waals surface area contributed by atoms with Crippen molar-refractivity contribution in [3.8, 4) is 0 Å². The molecule has 0 aromatic carbocycles. The van der Waals surface area contributed by atoms with Crippen LogP contribution in [-0.4, -0.2) is 35.0 Å². The summed E-state index contributed by atoms with van der Waals surface area (Å²) in [5.41, 5.74) is 0. The van der Waals surface area contributed by atoms with E-state index in [1.54, 1.807) is 0 Å². The zero-order chi connectivity index (χ0) is 15.9. The van der Waals surface area contributed by atoms with Crippen molar-refractivity contribution in [2.24, 2.45) is 0 Å². The van der Waals surface area contributed by atoms with Crippen LogP contribution in [0.1, 0.15) is 71.6 Å². The summed E-state index contributed by atoms with van der Waals surface area (Å²) >= 11 is 0. The van der Waals surface area contributed by atoms with Crippen molar-refractivity contribution < 1.29 is 14.7 Å². The van der Waals surface area contributed by atoms with Crippen molar-refractivity contribution in [3.05, 3.63) is 12.2 Å². The summed E-state index contributed by atoms with van der Waals surface area (Å²) in [7, 11) is 0. The highest BCUT2D eigenvalue weighted by Crippen LogP contribution is 2.06. The highest BCUT2D eigenvalue weighted by atomic mass is 16.4. The van der Waals surface area contributed by atoms with E-state index in [-0.39, 0.29) is 12.5 Å². The fraction of sp³-hybridized carbons (Fsp3) is 0.765. The lowest BCUT2D eigenvalue weighted by Crippen LogP contribution is -2.35. The Kier molecular flexibility index (Phi) is 12.8. The molecule has 0 heterocycles. The fourth-order valence-electron chi connectivity index (χ4n) is 2.12. The Morgan fingerprint density at radius 2 is 1.57 bits per heavy atom. The molecule has 0 aliphatic heterocycles. The summed E-state index contributed by atoms with van der Waals surface area (Å²) in [5, 5.41) is 8.90. The number of amides is 1. The Labute approximate surface area is 129 Å². The number of carbonyl (C=O) groups excluding carboxylic acids is 1. The number of rotatable bonds is 13. The molecule has 122 valence electrons. The van der Waals surface area contributed by atoms with Crippen LogP contribution in [0.4, 0.5) is 0 Å². The molecule has 21 heavy (non-hydrogen) atoms. The van der Waals surface area contributed by atoms with Gasteiger partial charge >= 0.3 is 5.97 Å². The number of hydrogen-bond acceptors (Lipinski definition) is 2. The van der Waals surface area contributed by atoms with Gasteiger partial charge in [-0.3, -0.25) is 9.59 Å². The van der Waals surface area contributed by atoms with Crippen molar-refractivity contribution in [1.29, 1.82) is 0 Å². The van der Waals surface area contributed by atoms with Crippen LogP contribution in [0, 0.1) is 0 Å². The molecule has 0 spiro atoms. The van der Waals surface area contributed by atoms with Gasteiger partial charge in [0, 0.05) is 6.54 Å². The average molecular weight is 297 g/mol. The van der Waals surface area contributed by atoms with E-state index in [1.165, 1.54) is 30.2 Å². The van der Waals surface area contributed by atoms with Crippen LogP contribution in [0.15, 0.2) is 12.2 Å². The molecule has 0 aromatic heterocycles. The molecule has 0 aliphatic carbocycles.